The van der Waals surface area contributed by atoms with Crippen LogP contribution in [-0.2, 0) is 6.42 Å². The average Bonchev–Trinajstić information content (AvgIpc) is 2.33. The van der Waals surface area contributed by atoms with Crippen molar-refractivity contribution >= 4 is 27.5 Å². The van der Waals surface area contributed by atoms with Gasteiger partial charge in [-0.05, 0) is 43.5 Å². The zero-order chi connectivity index (χ0) is 14.0. The third-order valence-electron chi connectivity index (χ3n) is 3.22. The molecule has 0 aromatic heterocycles. The van der Waals surface area contributed by atoms with Gasteiger partial charge in [0.2, 0.25) is 0 Å². The first kappa shape index (κ1) is 14.5. The minimum atomic E-state index is -0.264. The van der Waals surface area contributed by atoms with Gasteiger partial charge in [0.1, 0.15) is 5.82 Å². The smallest absolute Gasteiger partial charge is 0.129 e. The second kappa shape index (κ2) is 6.06. The number of aryl methyl sites for hydroxylation is 2. The number of rotatable bonds is 3. The maximum Gasteiger partial charge on any atom is 0.129 e. The number of halogens is 3. The fraction of sp³-hybridized carbons (Fsp3) is 0.250. The highest BCUT2D eigenvalue weighted by atomic mass is 79.9. The normalized spacial score (nSPS) is 12.5. The van der Waals surface area contributed by atoms with E-state index in [1.807, 2.05) is 0 Å². The van der Waals surface area contributed by atoms with Gasteiger partial charge in [-0.15, -0.1) is 0 Å². The Bertz CT molecular complexity index is 575. The Balaban J connectivity index is 2.31. The lowest BCUT2D eigenvalue weighted by molar-refractivity contribution is 0.608. The molecule has 0 N–H and O–H groups in total. The molecule has 0 saturated carbocycles. The molecule has 19 heavy (non-hydrogen) atoms. The SMILES string of the molecule is Cc1ccc(C)c(CC(Br)c2c(F)cccc2Cl)c1. The predicted molar refractivity (Wildman–Crippen MR) is 82.7 cm³/mol. The molecule has 0 aliphatic heterocycles. The highest BCUT2D eigenvalue weighted by Crippen LogP contribution is 2.34. The monoisotopic (exact) mass is 340 g/mol. The van der Waals surface area contributed by atoms with Crippen LogP contribution in [0, 0.1) is 19.7 Å². The molecule has 0 heterocycles. The van der Waals surface area contributed by atoms with E-state index in [-0.39, 0.29) is 10.6 Å². The Morgan fingerprint density at radius 3 is 2.63 bits per heavy atom. The first-order valence-electron chi connectivity index (χ1n) is 6.13. The first-order valence-corrected chi connectivity index (χ1v) is 7.42. The van der Waals surface area contributed by atoms with Crippen LogP contribution in [0.4, 0.5) is 4.39 Å². The molecule has 2 aromatic rings. The van der Waals surface area contributed by atoms with Gasteiger partial charge in [-0.3, -0.25) is 0 Å². The molecule has 1 atom stereocenters. The fourth-order valence-corrected chi connectivity index (χ4v) is 3.37. The molecule has 2 aromatic carbocycles. The van der Waals surface area contributed by atoms with E-state index in [4.69, 9.17) is 11.6 Å². The average molecular weight is 342 g/mol. The van der Waals surface area contributed by atoms with Gasteiger partial charge < -0.3 is 0 Å². The highest BCUT2D eigenvalue weighted by molar-refractivity contribution is 9.09. The summed E-state index contributed by atoms with van der Waals surface area (Å²) in [7, 11) is 0. The van der Waals surface area contributed by atoms with Crippen molar-refractivity contribution in [1.82, 2.24) is 0 Å². The van der Waals surface area contributed by atoms with Crippen molar-refractivity contribution in [3.05, 3.63) is 69.5 Å². The lowest BCUT2D eigenvalue weighted by Gasteiger charge is -2.15. The minimum Gasteiger partial charge on any atom is -0.207 e. The standard InChI is InChI=1S/C16H15BrClF/c1-10-6-7-11(2)12(8-10)9-13(17)16-14(18)4-3-5-15(16)19/h3-8,13H,9H2,1-2H3. The quantitative estimate of drug-likeness (QED) is 0.621. The van der Waals surface area contributed by atoms with Gasteiger partial charge >= 0.3 is 0 Å². The van der Waals surface area contributed by atoms with Gasteiger partial charge in [-0.1, -0.05) is 57.4 Å². The molecule has 0 fully saturated rings. The third-order valence-corrected chi connectivity index (χ3v) is 4.33. The van der Waals surface area contributed by atoms with Crippen LogP contribution in [0.3, 0.4) is 0 Å². The van der Waals surface area contributed by atoms with Crippen LogP contribution >= 0.6 is 27.5 Å². The van der Waals surface area contributed by atoms with E-state index in [0.29, 0.717) is 17.0 Å². The number of benzene rings is 2. The molecule has 0 spiro atoms. The van der Waals surface area contributed by atoms with Gasteiger partial charge in [0.15, 0.2) is 0 Å². The second-order valence-corrected chi connectivity index (χ2v) is 6.25. The molecule has 0 radical (unpaired) electrons. The van der Waals surface area contributed by atoms with Gasteiger partial charge in [0.25, 0.3) is 0 Å². The zero-order valence-electron chi connectivity index (χ0n) is 10.9. The summed E-state index contributed by atoms with van der Waals surface area (Å²) in [6.45, 7) is 4.12. The van der Waals surface area contributed by atoms with Crippen LogP contribution in [0.1, 0.15) is 27.1 Å². The summed E-state index contributed by atoms with van der Waals surface area (Å²) in [5, 5.41) is 0.465. The van der Waals surface area contributed by atoms with E-state index in [9.17, 15) is 4.39 Å². The van der Waals surface area contributed by atoms with E-state index in [2.05, 4.69) is 48.0 Å². The molecule has 0 saturated heterocycles. The van der Waals surface area contributed by atoms with Crippen LogP contribution in [0.15, 0.2) is 36.4 Å². The topological polar surface area (TPSA) is 0 Å². The van der Waals surface area contributed by atoms with Crippen LogP contribution in [0.2, 0.25) is 5.02 Å². The van der Waals surface area contributed by atoms with E-state index in [0.717, 1.165) is 0 Å². The Labute approximate surface area is 126 Å². The second-order valence-electron chi connectivity index (χ2n) is 4.74. The van der Waals surface area contributed by atoms with Gasteiger partial charge in [0.05, 0.1) is 0 Å². The third kappa shape index (κ3) is 3.37. The highest BCUT2D eigenvalue weighted by Gasteiger charge is 2.17. The molecule has 0 aliphatic carbocycles. The van der Waals surface area contributed by atoms with E-state index in [1.54, 1.807) is 12.1 Å². The summed E-state index contributed by atoms with van der Waals surface area (Å²) in [5.41, 5.74) is 4.16. The molecular weight excluding hydrogens is 327 g/mol. The molecule has 100 valence electrons. The van der Waals surface area contributed by atoms with Crippen molar-refractivity contribution in [2.75, 3.05) is 0 Å². The Hall–Kier alpha value is -0.860. The number of alkyl halides is 1. The minimum absolute atomic E-state index is 0.123. The van der Waals surface area contributed by atoms with Crippen molar-refractivity contribution < 1.29 is 4.39 Å². The molecule has 3 heteroatoms. The summed E-state index contributed by atoms with van der Waals surface area (Å²) in [6, 6.07) is 11.1. The molecule has 2 rings (SSSR count). The molecule has 0 aliphatic rings. The van der Waals surface area contributed by atoms with Crippen molar-refractivity contribution in [2.45, 2.75) is 25.1 Å². The van der Waals surface area contributed by atoms with Gasteiger partial charge in [-0.2, -0.15) is 0 Å². The lowest BCUT2D eigenvalue weighted by Crippen LogP contribution is -2.01. The Kier molecular flexibility index (Phi) is 4.64. The summed E-state index contributed by atoms with van der Waals surface area (Å²) in [5.74, 6) is -0.264. The van der Waals surface area contributed by atoms with Crippen molar-refractivity contribution in [2.24, 2.45) is 0 Å². The summed E-state index contributed by atoms with van der Waals surface area (Å²) >= 11 is 9.65. The predicted octanol–water partition coefficient (Wildman–Crippen LogP) is 5.77. The zero-order valence-corrected chi connectivity index (χ0v) is 13.2. The van der Waals surface area contributed by atoms with E-state index in [1.165, 1.54) is 22.8 Å². The number of hydrogen-bond donors (Lipinski definition) is 0. The van der Waals surface area contributed by atoms with E-state index < -0.39 is 0 Å². The van der Waals surface area contributed by atoms with Crippen molar-refractivity contribution in [1.29, 1.82) is 0 Å². The van der Waals surface area contributed by atoms with Crippen molar-refractivity contribution in [3.8, 4) is 0 Å². The van der Waals surface area contributed by atoms with Crippen LogP contribution in [0.5, 0.6) is 0 Å². The Morgan fingerprint density at radius 2 is 1.95 bits per heavy atom. The lowest BCUT2D eigenvalue weighted by atomic mass is 9.98. The summed E-state index contributed by atoms with van der Waals surface area (Å²) in [4.78, 5) is -0.123. The summed E-state index contributed by atoms with van der Waals surface area (Å²) < 4.78 is 13.9. The molecule has 0 bridgehead atoms. The van der Waals surface area contributed by atoms with Crippen LogP contribution in [-0.4, -0.2) is 0 Å². The van der Waals surface area contributed by atoms with Gasteiger partial charge in [-0.25, -0.2) is 4.39 Å². The largest absolute Gasteiger partial charge is 0.207 e. The molecule has 0 amide bonds. The molecular formula is C16H15BrClF. The maximum atomic E-state index is 13.9. The van der Waals surface area contributed by atoms with Crippen LogP contribution in [0.25, 0.3) is 0 Å². The number of hydrogen-bond acceptors (Lipinski definition) is 0. The molecule has 0 nitrogen and oxygen atoms in total. The van der Waals surface area contributed by atoms with Gasteiger partial charge in [0, 0.05) is 15.4 Å². The van der Waals surface area contributed by atoms with Crippen molar-refractivity contribution in [3.63, 3.8) is 0 Å². The van der Waals surface area contributed by atoms with Crippen LogP contribution < -0.4 is 0 Å². The van der Waals surface area contributed by atoms with E-state index >= 15 is 0 Å². The summed E-state index contributed by atoms with van der Waals surface area (Å²) in [6.07, 6.45) is 0.716. The fourth-order valence-electron chi connectivity index (χ4n) is 2.13. The Morgan fingerprint density at radius 1 is 1.21 bits per heavy atom. The molecule has 1 unspecified atom stereocenters. The first-order chi connectivity index (χ1) is 8.99. The maximum absolute atomic E-state index is 13.9.